The van der Waals surface area contributed by atoms with Crippen molar-refractivity contribution in [2.24, 2.45) is 0 Å². The zero-order chi connectivity index (χ0) is 10.9. The molecule has 0 aliphatic heterocycles. The third-order valence-electron chi connectivity index (χ3n) is 1.78. The molecule has 0 saturated heterocycles. The summed E-state index contributed by atoms with van der Waals surface area (Å²) in [6.45, 7) is 3.37. The van der Waals surface area contributed by atoms with Crippen LogP contribution in [-0.2, 0) is 10.0 Å². The summed E-state index contributed by atoms with van der Waals surface area (Å²) in [7, 11) is -3.41. The van der Waals surface area contributed by atoms with Gasteiger partial charge in [0, 0.05) is 5.56 Å². The Kier molecular flexibility index (Phi) is 2.53. The molecule has 0 saturated carbocycles. The maximum Gasteiger partial charge on any atom is 0.232 e. The van der Waals surface area contributed by atoms with Crippen molar-refractivity contribution in [3.8, 4) is 6.07 Å². The lowest BCUT2D eigenvalue weighted by Crippen LogP contribution is -2.09. The fraction of sp³-hybridized carbons (Fsp3) is 0.375. The van der Waals surface area contributed by atoms with Crippen LogP contribution < -0.4 is 4.72 Å². The number of aryl methyl sites for hydroxylation is 1. The molecule has 1 N–H and O–H groups in total. The Balaban J connectivity index is 3.24. The Hall–Kier alpha value is -1.48. The van der Waals surface area contributed by atoms with Crippen LogP contribution in [0, 0.1) is 25.2 Å². The molecule has 1 aromatic heterocycles. The largest absolute Gasteiger partial charge is 0.443 e. The Morgan fingerprint density at radius 2 is 2.00 bits per heavy atom. The van der Waals surface area contributed by atoms with E-state index in [1.54, 1.807) is 13.8 Å². The Morgan fingerprint density at radius 1 is 1.43 bits per heavy atom. The summed E-state index contributed by atoms with van der Waals surface area (Å²) in [4.78, 5) is 0. The summed E-state index contributed by atoms with van der Waals surface area (Å²) in [5, 5.41) is 8.76. The molecule has 0 spiro atoms. The molecule has 0 unspecified atom stereocenters. The normalized spacial score (nSPS) is 11.0. The molecule has 0 amide bonds. The van der Waals surface area contributed by atoms with Crippen molar-refractivity contribution in [2.45, 2.75) is 13.8 Å². The molecule has 14 heavy (non-hydrogen) atoms. The lowest BCUT2D eigenvalue weighted by atomic mass is 10.2. The molecule has 0 aliphatic carbocycles. The van der Waals surface area contributed by atoms with Crippen LogP contribution in [0.3, 0.4) is 0 Å². The smallest absolute Gasteiger partial charge is 0.232 e. The van der Waals surface area contributed by atoms with Gasteiger partial charge in [-0.25, -0.2) is 8.42 Å². The van der Waals surface area contributed by atoms with Crippen molar-refractivity contribution in [1.29, 1.82) is 5.26 Å². The minimum Gasteiger partial charge on any atom is -0.443 e. The molecule has 1 aromatic rings. The van der Waals surface area contributed by atoms with E-state index < -0.39 is 10.0 Å². The molecule has 0 radical (unpaired) electrons. The second-order valence-corrected chi connectivity index (χ2v) is 4.72. The van der Waals surface area contributed by atoms with E-state index in [-0.39, 0.29) is 11.4 Å². The van der Waals surface area contributed by atoms with Crippen LogP contribution in [-0.4, -0.2) is 14.7 Å². The summed E-state index contributed by atoms with van der Waals surface area (Å²) in [6, 6.07) is 1.89. The van der Waals surface area contributed by atoms with Crippen LogP contribution in [0.1, 0.15) is 16.9 Å². The second-order valence-electron chi connectivity index (χ2n) is 2.97. The van der Waals surface area contributed by atoms with Gasteiger partial charge in [-0.3, -0.25) is 4.72 Å². The number of hydrogen-bond donors (Lipinski definition) is 1. The van der Waals surface area contributed by atoms with Gasteiger partial charge >= 0.3 is 0 Å². The fourth-order valence-corrected chi connectivity index (χ4v) is 1.48. The van der Waals surface area contributed by atoms with Crippen LogP contribution in [0.15, 0.2) is 4.42 Å². The molecular weight excluding hydrogens is 204 g/mol. The van der Waals surface area contributed by atoms with E-state index >= 15 is 0 Å². The molecule has 0 bridgehead atoms. The number of anilines is 1. The predicted octanol–water partition coefficient (Wildman–Crippen LogP) is 1.14. The number of furan rings is 1. The highest BCUT2D eigenvalue weighted by molar-refractivity contribution is 7.92. The number of rotatable bonds is 2. The van der Waals surface area contributed by atoms with Crippen molar-refractivity contribution < 1.29 is 12.8 Å². The summed E-state index contributed by atoms with van der Waals surface area (Å²) in [6.07, 6.45) is 1.00. The molecule has 0 aromatic carbocycles. The first-order valence-corrected chi connectivity index (χ1v) is 5.72. The summed E-state index contributed by atoms with van der Waals surface area (Å²) < 4.78 is 29.1. The zero-order valence-corrected chi connectivity index (χ0v) is 8.90. The van der Waals surface area contributed by atoms with Gasteiger partial charge in [0.05, 0.1) is 6.26 Å². The van der Waals surface area contributed by atoms with Crippen molar-refractivity contribution >= 4 is 15.9 Å². The first-order chi connectivity index (χ1) is 6.35. The van der Waals surface area contributed by atoms with Gasteiger partial charge in [0.25, 0.3) is 0 Å². The minimum atomic E-state index is -3.41. The number of hydrogen-bond acceptors (Lipinski definition) is 4. The maximum absolute atomic E-state index is 10.9. The SMILES string of the molecule is Cc1oc(NS(C)(=O)=O)c(C#N)c1C. The molecular formula is C8H10N2O3S. The van der Waals surface area contributed by atoms with Gasteiger partial charge in [0.2, 0.25) is 15.9 Å². The Bertz CT molecular complexity index is 493. The molecule has 5 nitrogen and oxygen atoms in total. The third-order valence-corrected chi connectivity index (χ3v) is 2.33. The molecule has 1 rings (SSSR count). The number of sulfonamides is 1. The van der Waals surface area contributed by atoms with Crippen LogP contribution in [0.25, 0.3) is 0 Å². The monoisotopic (exact) mass is 214 g/mol. The van der Waals surface area contributed by atoms with Gasteiger partial charge in [-0.05, 0) is 13.8 Å². The topological polar surface area (TPSA) is 83.1 Å². The van der Waals surface area contributed by atoms with E-state index in [4.69, 9.17) is 9.68 Å². The second kappa shape index (κ2) is 3.35. The Labute approximate surface area is 82.4 Å². The van der Waals surface area contributed by atoms with Crippen LogP contribution >= 0.6 is 0 Å². The number of nitrogens with one attached hydrogen (secondary N) is 1. The standard InChI is InChI=1S/C8H10N2O3S/c1-5-6(2)13-8(7(5)4-9)10-14(3,11)12/h10H,1-3H3. The van der Waals surface area contributed by atoms with Crippen LogP contribution in [0.4, 0.5) is 5.88 Å². The third kappa shape index (κ3) is 2.06. The zero-order valence-electron chi connectivity index (χ0n) is 8.08. The number of nitriles is 1. The Morgan fingerprint density at radius 3 is 2.43 bits per heavy atom. The quantitative estimate of drug-likeness (QED) is 0.800. The molecule has 6 heteroatoms. The van der Waals surface area contributed by atoms with E-state index in [2.05, 4.69) is 4.72 Å². The van der Waals surface area contributed by atoms with Crippen molar-refractivity contribution in [3.63, 3.8) is 0 Å². The number of nitrogens with zero attached hydrogens (tertiary/aromatic N) is 1. The van der Waals surface area contributed by atoms with Gasteiger partial charge in [0.1, 0.15) is 17.4 Å². The lowest BCUT2D eigenvalue weighted by Gasteiger charge is -1.98. The average molecular weight is 214 g/mol. The highest BCUT2D eigenvalue weighted by Gasteiger charge is 2.16. The highest BCUT2D eigenvalue weighted by Crippen LogP contribution is 2.25. The molecule has 1 heterocycles. The van der Waals surface area contributed by atoms with Gasteiger partial charge in [-0.2, -0.15) is 5.26 Å². The predicted molar refractivity (Wildman–Crippen MR) is 51.4 cm³/mol. The first-order valence-electron chi connectivity index (χ1n) is 3.83. The van der Waals surface area contributed by atoms with Gasteiger partial charge in [0.15, 0.2) is 0 Å². The van der Waals surface area contributed by atoms with E-state index in [0.717, 1.165) is 6.26 Å². The van der Waals surface area contributed by atoms with Crippen LogP contribution in [0.2, 0.25) is 0 Å². The summed E-state index contributed by atoms with van der Waals surface area (Å²) in [5.74, 6) is 0.526. The molecule has 76 valence electrons. The van der Waals surface area contributed by atoms with Crippen molar-refractivity contribution in [1.82, 2.24) is 0 Å². The van der Waals surface area contributed by atoms with Gasteiger partial charge in [-0.15, -0.1) is 0 Å². The minimum absolute atomic E-state index is 0.00926. The molecule has 0 atom stereocenters. The molecule has 0 aliphatic rings. The van der Waals surface area contributed by atoms with E-state index in [9.17, 15) is 8.42 Å². The average Bonchev–Trinajstić information content (AvgIpc) is 2.24. The van der Waals surface area contributed by atoms with Crippen LogP contribution in [0.5, 0.6) is 0 Å². The highest BCUT2D eigenvalue weighted by atomic mass is 32.2. The molecule has 0 fully saturated rings. The van der Waals surface area contributed by atoms with E-state index in [1.165, 1.54) is 0 Å². The van der Waals surface area contributed by atoms with E-state index in [0.29, 0.717) is 11.3 Å². The van der Waals surface area contributed by atoms with Gasteiger partial charge < -0.3 is 4.42 Å². The maximum atomic E-state index is 10.9. The van der Waals surface area contributed by atoms with Gasteiger partial charge in [-0.1, -0.05) is 0 Å². The summed E-state index contributed by atoms with van der Waals surface area (Å²) in [5.41, 5.74) is 0.881. The first kappa shape index (κ1) is 10.6. The van der Waals surface area contributed by atoms with Crippen molar-refractivity contribution in [3.05, 3.63) is 16.9 Å². The van der Waals surface area contributed by atoms with E-state index in [1.807, 2.05) is 6.07 Å². The lowest BCUT2D eigenvalue weighted by molar-refractivity contribution is 0.546. The van der Waals surface area contributed by atoms with Crippen molar-refractivity contribution in [2.75, 3.05) is 11.0 Å². The summed E-state index contributed by atoms with van der Waals surface area (Å²) >= 11 is 0. The fourth-order valence-electron chi connectivity index (χ4n) is 1.00.